The van der Waals surface area contributed by atoms with Crippen molar-refractivity contribution in [3.8, 4) is 0 Å². The largest absolute Gasteiger partial charge is 0.342 e. The fourth-order valence-corrected chi connectivity index (χ4v) is 2.76. The van der Waals surface area contributed by atoms with Gasteiger partial charge < -0.3 is 15.1 Å². The third kappa shape index (κ3) is 5.53. The number of hydrogen-bond acceptors (Lipinski definition) is 3. The molecular weight excluding hydrogens is 330 g/mol. The predicted octanol–water partition coefficient (Wildman–Crippen LogP) is 2.00. The van der Waals surface area contributed by atoms with Crippen molar-refractivity contribution in [2.24, 2.45) is 5.92 Å². The Balaban J connectivity index is 1.74. The quantitative estimate of drug-likeness (QED) is 0.797. The summed E-state index contributed by atoms with van der Waals surface area (Å²) in [5, 5.41) is 3.41. The second-order valence-corrected chi connectivity index (χ2v) is 6.53. The normalized spacial score (nSPS) is 15.8. The standard InChI is InChI=1S/C17H22ClN3O3/c1-13(10-16(23)19-15-4-2-14(18)3-5-15)11-17(24)21-8-6-20(12-22)7-9-21/h2-5,12-13H,6-11H2,1H3,(H,19,23). The summed E-state index contributed by atoms with van der Waals surface area (Å²) in [6, 6.07) is 6.90. The van der Waals surface area contributed by atoms with Crippen LogP contribution in [0.15, 0.2) is 24.3 Å². The minimum atomic E-state index is -0.122. The summed E-state index contributed by atoms with van der Waals surface area (Å²) >= 11 is 5.80. The summed E-state index contributed by atoms with van der Waals surface area (Å²) in [5.74, 6) is -0.135. The number of carbonyl (C=O) groups is 3. The highest BCUT2D eigenvalue weighted by Gasteiger charge is 2.22. The maximum Gasteiger partial charge on any atom is 0.224 e. The van der Waals surface area contributed by atoms with Crippen molar-refractivity contribution in [3.05, 3.63) is 29.3 Å². The van der Waals surface area contributed by atoms with Gasteiger partial charge in [-0.2, -0.15) is 0 Å². The first-order chi connectivity index (χ1) is 11.5. The summed E-state index contributed by atoms with van der Waals surface area (Å²) in [6.07, 6.45) is 1.42. The molecule has 1 fully saturated rings. The first kappa shape index (κ1) is 18.3. The van der Waals surface area contributed by atoms with Gasteiger partial charge in [0.25, 0.3) is 0 Å². The van der Waals surface area contributed by atoms with E-state index in [4.69, 9.17) is 11.6 Å². The minimum absolute atomic E-state index is 0.0346. The van der Waals surface area contributed by atoms with Gasteiger partial charge in [0.15, 0.2) is 0 Å². The highest BCUT2D eigenvalue weighted by Crippen LogP contribution is 2.16. The average molecular weight is 352 g/mol. The molecule has 1 aromatic carbocycles. The lowest BCUT2D eigenvalue weighted by molar-refractivity contribution is -0.136. The van der Waals surface area contributed by atoms with Crippen molar-refractivity contribution >= 4 is 35.5 Å². The number of nitrogens with zero attached hydrogens (tertiary/aromatic N) is 2. The first-order valence-corrected chi connectivity index (χ1v) is 8.38. The second-order valence-electron chi connectivity index (χ2n) is 6.09. The van der Waals surface area contributed by atoms with E-state index in [-0.39, 0.29) is 24.2 Å². The summed E-state index contributed by atoms with van der Waals surface area (Å²) in [6.45, 7) is 4.14. The van der Waals surface area contributed by atoms with Crippen LogP contribution >= 0.6 is 11.6 Å². The van der Waals surface area contributed by atoms with Gasteiger partial charge in [-0.1, -0.05) is 18.5 Å². The van der Waals surface area contributed by atoms with Gasteiger partial charge in [0.1, 0.15) is 0 Å². The van der Waals surface area contributed by atoms with Crippen molar-refractivity contribution < 1.29 is 14.4 Å². The number of piperazine rings is 1. The molecule has 1 aliphatic heterocycles. The lowest BCUT2D eigenvalue weighted by Gasteiger charge is -2.33. The van der Waals surface area contributed by atoms with Crippen molar-refractivity contribution in [3.63, 3.8) is 0 Å². The molecule has 1 aliphatic rings. The molecule has 130 valence electrons. The smallest absolute Gasteiger partial charge is 0.224 e. The van der Waals surface area contributed by atoms with Gasteiger partial charge in [-0.05, 0) is 30.2 Å². The highest BCUT2D eigenvalue weighted by molar-refractivity contribution is 6.30. The molecule has 0 saturated carbocycles. The van der Waals surface area contributed by atoms with Gasteiger partial charge in [0.05, 0.1) is 0 Å². The maximum absolute atomic E-state index is 12.3. The number of benzene rings is 1. The Morgan fingerprint density at radius 3 is 2.38 bits per heavy atom. The van der Waals surface area contributed by atoms with Crippen LogP contribution in [-0.4, -0.2) is 54.2 Å². The van der Waals surface area contributed by atoms with Crippen molar-refractivity contribution in [1.82, 2.24) is 9.80 Å². The molecule has 1 unspecified atom stereocenters. The molecule has 1 aromatic rings. The molecule has 0 spiro atoms. The highest BCUT2D eigenvalue weighted by atomic mass is 35.5. The Hall–Kier alpha value is -2.08. The molecular formula is C17H22ClN3O3. The van der Waals surface area contributed by atoms with Crippen LogP contribution in [0.2, 0.25) is 5.02 Å². The van der Waals surface area contributed by atoms with Gasteiger partial charge in [-0.25, -0.2) is 0 Å². The summed E-state index contributed by atoms with van der Waals surface area (Å²) < 4.78 is 0. The predicted molar refractivity (Wildman–Crippen MR) is 92.7 cm³/mol. The van der Waals surface area contributed by atoms with Crippen molar-refractivity contribution in [2.75, 3.05) is 31.5 Å². The van der Waals surface area contributed by atoms with Gasteiger partial charge >= 0.3 is 0 Å². The number of carbonyl (C=O) groups excluding carboxylic acids is 3. The summed E-state index contributed by atoms with van der Waals surface area (Å²) in [7, 11) is 0. The SMILES string of the molecule is CC(CC(=O)Nc1ccc(Cl)cc1)CC(=O)N1CCN(C=O)CC1. The molecule has 7 heteroatoms. The Morgan fingerprint density at radius 1 is 1.17 bits per heavy atom. The Kier molecular flexibility index (Phi) is 6.61. The lowest BCUT2D eigenvalue weighted by atomic mass is 10.0. The number of halogens is 1. The van der Waals surface area contributed by atoms with Gasteiger partial charge in [-0.3, -0.25) is 14.4 Å². The van der Waals surface area contributed by atoms with Gasteiger partial charge in [0.2, 0.25) is 18.2 Å². The Morgan fingerprint density at radius 2 is 1.79 bits per heavy atom. The molecule has 1 atom stereocenters. The Labute approximate surface area is 146 Å². The van der Waals surface area contributed by atoms with Gasteiger partial charge in [0, 0.05) is 49.7 Å². The van der Waals surface area contributed by atoms with Crippen LogP contribution in [0.25, 0.3) is 0 Å². The zero-order valence-corrected chi connectivity index (χ0v) is 14.5. The zero-order valence-electron chi connectivity index (χ0n) is 13.7. The molecule has 2 rings (SSSR count). The minimum Gasteiger partial charge on any atom is -0.342 e. The van der Waals surface area contributed by atoms with Crippen LogP contribution in [0.5, 0.6) is 0 Å². The van der Waals surface area contributed by atoms with E-state index in [1.807, 2.05) is 6.92 Å². The molecule has 0 radical (unpaired) electrons. The first-order valence-electron chi connectivity index (χ1n) is 8.00. The number of anilines is 1. The monoisotopic (exact) mass is 351 g/mol. The van der Waals surface area contributed by atoms with Crippen LogP contribution < -0.4 is 5.32 Å². The van der Waals surface area contributed by atoms with Crippen LogP contribution in [0.4, 0.5) is 5.69 Å². The van der Waals surface area contributed by atoms with E-state index in [1.54, 1.807) is 34.1 Å². The lowest BCUT2D eigenvalue weighted by Crippen LogP contribution is -2.48. The van der Waals surface area contributed by atoms with Crippen molar-refractivity contribution in [2.45, 2.75) is 19.8 Å². The molecule has 0 aliphatic carbocycles. The van der Waals surface area contributed by atoms with E-state index >= 15 is 0 Å². The summed E-state index contributed by atoms with van der Waals surface area (Å²) in [5.41, 5.74) is 0.688. The molecule has 6 nitrogen and oxygen atoms in total. The molecule has 24 heavy (non-hydrogen) atoms. The van der Waals surface area contributed by atoms with Crippen LogP contribution in [0.3, 0.4) is 0 Å². The second kappa shape index (κ2) is 8.68. The Bertz CT molecular complexity index is 583. The van der Waals surface area contributed by atoms with Crippen LogP contribution in [0, 0.1) is 5.92 Å². The zero-order chi connectivity index (χ0) is 17.5. The molecule has 3 amide bonds. The summed E-state index contributed by atoms with van der Waals surface area (Å²) in [4.78, 5) is 38.4. The third-order valence-corrected chi connectivity index (χ3v) is 4.25. The van der Waals surface area contributed by atoms with E-state index in [9.17, 15) is 14.4 Å². The van der Waals surface area contributed by atoms with Crippen LogP contribution in [-0.2, 0) is 14.4 Å². The topological polar surface area (TPSA) is 69.7 Å². The molecule has 0 aromatic heterocycles. The van der Waals surface area contributed by atoms with E-state index in [1.165, 1.54) is 0 Å². The molecule has 0 bridgehead atoms. The number of amides is 3. The van der Waals surface area contributed by atoms with E-state index in [2.05, 4.69) is 5.32 Å². The third-order valence-electron chi connectivity index (χ3n) is 4.00. The maximum atomic E-state index is 12.3. The molecule has 1 N–H and O–H groups in total. The molecule has 1 heterocycles. The van der Waals surface area contributed by atoms with E-state index < -0.39 is 0 Å². The van der Waals surface area contributed by atoms with E-state index in [0.717, 1.165) is 6.41 Å². The fraction of sp³-hybridized carbons (Fsp3) is 0.471. The number of nitrogens with one attached hydrogen (secondary N) is 1. The van der Waals surface area contributed by atoms with Gasteiger partial charge in [-0.15, -0.1) is 0 Å². The number of rotatable bonds is 6. The fourth-order valence-electron chi connectivity index (χ4n) is 2.64. The molecule has 1 saturated heterocycles. The van der Waals surface area contributed by atoms with E-state index in [0.29, 0.717) is 43.3 Å². The van der Waals surface area contributed by atoms with Crippen LogP contribution in [0.1, 0.15) is 19.8 Å². The van der Waals surface area contributed by atoms with Crippen molar-refractivity contribution in [1.29, 1.82) is 0 Å². The number of hydrogen-bond donors (Lipinski definition) is 1. The average Bonchev–Trinajstić information content (AvgIpc) is 2.56.